The first-order valence-corrected chi connectivity index (χ1v) is 17.3. The average molecular weight is 590 g/mol. The van der Waals surface area contributed by atoms with Crippen LogP contribution in [0.15, 0.2) is 53.7 Å². The summed E-state index contributed by atoms with van der Waals surface area (Å²) in [6, 6.07) is 9.03. The molecule has 1 atom stereocenters. The predicted octanol–water partition coefficient (Wildman–Crippen LogP) is 5.87. The predicted molar refractivity (Wildman–Crippen MR) is 152 cm³/mol. The van der Waals surface area contributed by atoms with Crippen LogP contribution in [0.4, 0.5) is 10.3 Å². The van der Waals surface area contributed by atoms with E-state index in [2.05, 4.69) is 43.8 Å². The van der Waals surface area contributed by atoms with Crippen LogP contribution in [0.5, 0.6) is 17.2 Å². The van der Waals surface area contributed by atoms with Crippen molar-refractivity contribution in [1.29, 1.82) is 0 Å². The molecule has 1 aliphatic rings. The van der Waals surface area contributed by atoms with E-state index in [0.29, 0.717) is 35.7 Å². The van der Waals surface area contributed by atoms with E-state index in [1.807, 2.05) is 0 Å². The highest BCUT2D eigenvalue weighted by Crippen LogP contribution is 2.44. The Bertz CT molecular complexity index is 1460. The number of sulfonamides is 1. The molecule has 4 rings (SSSR count). The fourth-order valence-electron chi connectivity index (χ4n) is 4.15. The molecule has 0 amide bonds. The van der Waals surface area contributed by atoms with Gasteiger partial charge in [0.05, 0.1) is 33.5 Å². The molecule has 0 saturated heterocycles. The molecule has 0 spiro atoms. The Kier molecular flexibility index (Phi) is 8.43. The maximum atomic E-state index is 15.8. The zero-order chi connectivity index (χ0) is 29.3. The third-order valence-electron chi connectivity index (χ3n) is 7.44. The quantitative estimate of drug-likeness (QED) is 0.286. The second kappa shape index (κ2) is 11.3. The van der Waals surface area contributed by atoms with Crippen molar-refractivity contribution < 1.29 is 31.4 Å². The van der Waals surface area contributed by atoms with Crippen LogP contribution in [-0.4, -0.2) is 47.5 Å². The molecular weight excluding hydrogens is 553 g/mol. The third-order valence-corrected chi connectivity index (χ3v) is 13.7. The third kappa shape index (κ3) is 5.93. The average Bonchev–Trinajstić information content (AvgIpc) is 2.91. The lowest BCUT2D eigenvalue weighted by Gasteiger charge is -2.40. The number of fused-ring (bicyclic) bond motifs is 1. The number of hydrogen-bond donors (Lipinski definition) is 0. The van der Waals surface area contributed by atoms with E-state index >= 15 is 4.39 Å². The van der Waals surface area contributed by atoms with Crippen molar-refractivity contribution in [1.82, 2.24) is 9.97 Å². The van der Waals surface area contributed by atoms with Gasteiger partial charge in [-0.15, -0.1) is 0 Å². The van der Waals surface area contributed by atoms with Gasteiger partial charge in [0.1, 0.15) is 28.0 Å². The van der Waals surface area contributed by atoms with Gasteiger partial charge >= 0.3 is 0 Å². The van der Waals surface area contributed by atoms with Crippen molar-refractivity contribution in [2.24, 2.45) is 0 Å². The molecule has 2 aromatic carbocycles. The van der Waals surface area contributed by atoms with E-state index in [1.54, 1.807) is 24.3 Å². The number of ether oxygens (including phenoxy) is 3. The van der Waals surface area contributed by atoms with Crippen molar-refractivity contribution in [3.05, 3.63) is 65.7 Å². The van der Waals surface area contributed by atoms with Crippen molar-refractivity contribution in [3.63, 3.8) is 0 Å². The van der Waals surface area contributed by atoms with Crippen molar-refractivity contribution >= 4 is 24.3 Å². The number of hydrogen-bond acceptors (Lipinski definition) is 8. The summed E-state index contributed by atoms with van der Waals surface area (Å²) >= 11 is 0. The van der Waals surface area contributed by atoms with Crippen molar-refractivity contribution in [3.8, 4) is 17.2 Å². The summed E-state index contributed by atoms with van der Waals surface area (Å²) in [7, 11) is -3.70. The molecule has 40 heavy (non-hydrogen) atoms. The lowest BCUT2D eigenvalue weighted by molar-refractivity contribution is 0.121. The Hall–Kier alpha value is -3.22. The molecule has 216 valence electrons. The molecule has 0 radical (unpaired) electrons. The molecule has 0 aliphatic carbocycles. The molecule has 1 aliphatic heterocycles. The van der Waals surface area contributed by atoms with Gasteiger partial charge < -0.3 is 18.6 Å². The molecule has 12 heteroatoms. The standard InChI is InChI=1S/C28H36FN3O6SSi/c1-28(2,3)40(6,7)38-23-11-14-37-25-17-26(22(29)16-21(23)25)39(33,34)32(27-30-12-8-13-31-27)18-19-9-10-20(35-4)15-24(19)36-5/h8-10,12-13,15-17,23H,11,14,18H2,1-7H3/t23-/m1/s1. The fraction of sp³-hybridized carbons (Fsp3) is 0.429. The smallest absolute Gasteiger partial charge is 0.270 e. The van der Waals surface area contributed by atoms with Gasteiger partial charge in [-0.25, -0.2) is 27.1 Å². The van der Waals surface area contributed by atoms with Crippen LogP contribution >= 0.6 is 0 Å². The Morgan fingerprint density at radius 3 is 2.42 bits per heavy atom. The highest BCUT2D eigenvalue weighted by atomic mass is 32.2. The van der Waals surface area contributed by atoms with E-state index in [4.69, 9.17) is 18.6 Å². The van der Waals surface area contributed by atoms with Gasteiger partial charge in [0.25, 0.3) is 10.0 Å². The Morgan fingerprint density at radius 1 is 1.10 bits per heavy atom. The molecule has 3 aromatic rings. The molecule has 2 heterocycles. The zero-order valence-corrected chi connectivity index (χ0v) is 25.7. The Balaban J connectivity index is 1.77. The maximum absolute atomic E-state index is 15.8. The van der Waals surface area contributed by atoms with E-state index in [1.165, 1.54) is 38.7 Å². The summed E-state index contributed by atoms with van der Waals surface area (Å²) in [4.78, 5) is 7.76. The minimum atomic E-state index is -4.50. The van der Waals surface area contributed by atoms with Crippen LogP contribution in [0.2, 0.25) is 18.1 Å². The highest BCUT2D eigenvalue weighted by Gasteiger charge is 2.41. The second-order valence-electron chi connectivity index (χ2n) is 11.1. The summed E-state index contributed by atoms with van der Waals surface area (Å²) in [6.07, 6.45) is 3.00. The van der Waals surface area contributed by atoms with Gasteiger partial charge in [-0.05, 0) is 42.4 Å². The normalized spacial score (nSPS) is 15.7. The topological polar surface area (TPSA) is 100 Å². The molecule has 0 fully saturated rings. The van der Waals surface area contributed by atoms with E-state index in [9.17, 15) is 8.42 Å². The van der Waals surface area contributed by atoms with E-state index < -0.39 is 35.2 Å². The number of benzene rings is 2. The molecule has 0 unspecified atom stereocenters. The lowest BCUT2D eigenvalue weighted by atomic mass is 10.0. The van der Waals surface area contributed by atoms with Crippen LogP contribution < -0.4 is 18.5 Å². The first kappa shape index (κ1) is 29.8. The minimum Gasteiger partial charge on any atom is -0.497 e. The van der Waals surface area contributed by atoms with Crippen LogP contribution in [0.1, 0.15) is 44.4 Å². The molecule has 9 nitrogen and oxygen atoms in total. The monoisotopic (exact) mass is 589 g/mol. The number of nitrogens with zero attached hydrogens (tertiary/aromatic N) is 3. The van der Waals surface area contributed by atoms with Gasteiger partial charge in [-0.3, -0.25) is 0 Å². The number of anilines is 1. The second-order valence-corrected chi connectivity index (χ2v) is 17.6. The van der Waals surface area contributed by atoms with Crippen molar-refractivity contribution in [2.75, 3.05) is 25.1 Å². The number of rotatable bonds is 9. The Morgan fingerprint density at radius 2 is 1.80 bits per heavy atom. The van der Waals surface area contributed by atoms with Gasteiger partial charge in [-0.1, -0.05) is 20.8 Å². The lowest BCUT2D eigenvalue weighted by Crippen LogP contribution is -2.42. The van der Waals surface area contributed by atoms with Crippen molar-refractivity contribution in [2.45, 2.75) is 62.9 Å². The molecule has 1 aromatic heterocycles. The molecular formula is C28H36FN3O6SSi. The molecule has 0 saturated carbocycles. The summed E-state index contributed by atoms with van der Waals surface area (Å²) < 4.78 is 68.0. The first-order chi connectivity index (χ1) is 18.8. The van der Waals surface area contributed by atoms with Gasteiger partial charge in [-0.2, -0.15) is 0 Å². The minimum absolute atomic E-state index is 0.0496. The van der Waals surface area contributed by atoms with Crippen LogP contribution in [0.25, 0.3) is 0 Å². The zero-order valence-electron chi connectivity index (χ0n) is 23.9. The van der Waals surface area contributed by atoms with Crippen LogP contribution in [0.3, 0.4) is 0 Å². The van der Waals surface area contributed by atoms with E-state index in [-0.39, 0.29) is 23.3 Å². The molecule has 0 bridgehead atoms. The molecule has 0 N–H and O–H groups in total. The SMILES string of the molecule is COc1ccc(CN(c2ncccn2)S(=O)(=O)c2cc3c(cc2F)[C@H](O[Si](C)(C)C(C)(C)C)CCO3)c(OC)c1. The van der Waals surface area contributed by atoms with E-state index in [0.717, 1.165) is 4.31 Å². The number of aromatic nitrogens is 2. The van der Waals surface area contributed by atoms with Gasteiger partial charge in [0.15, 0.2) is 8.32 Å². The largest absolute Gasteiger partial charge is 0.497 e. The fourth-order valence-corrected chi connectivity index (χ4v) is 6.88. The summed E-state index contributed by atoms with van der Waals surface area (Å²) in [5.74, 6) is 0.202. The maximum Gasteiger partial charge on any atom is 0.270 e. The summed E-state index contributed by atoms with van der Waals surface area (Å²) in [5, 5.41) is -0.0496. The van der Waals surface area contributed by atoms with Gasteiger partial charge in [0, 0.05) is 42.1 Å². The first-order valence-electron chi connectivity index (χ1n) is 12.9. The highest BCUT2D eigenvalue weighted by molar-refractivity contribution is 7.92. The van der Waals surface area contributed by atoms with Gasteiger partial charge in [0.2, 0.25) is 5.95 Å². The summed E-state index contributed by atoms with van der Waals surface area (Å²) in [6.45, 7) is 10.8. The van der Waals surface area contributed by atoms with Crippen LogP contribution in [-0.2, 0) is 21.0 Å². The van der Waals surface area contributed by atoms with Crippen LogP contribution in [0, 0.1) is 5.82 Å². The Labute approximate surface area is 236 Å². The number of halogens is 1. The summed E-state index contributed by atoms with van der Waals surface area (Å²) in [5.41, 5.74) is 1.02. The number of methoxy groups -OCH3 is 2.